The van der Waals surface area contributed by atoms with Gasteiger partial charge in [0, 0.05) is 11.6 Å². The molecule has 0 unspecified atom stereocenters. The number of halogens is 1. The van der Waals surface area contributed by atoms with E-state index in [4.69, 9.17) is 5.11 Å². The Balaban J connectivity index is 2.15. The van der Waals surface area contributed by atoms with Gasteiger partial charge in [-0.25, -0.2) is 22.6 Å². The van der Waals surface area contributed by atoms with Gasteiger partial charge in [-0.1, -0.05) is 12.1 Å². The van der Waals surface area contributed by atoms with Gasteiger partial charge in [0.15, 0.2) is 11.4 Å². The lowest BCUT2D eigenvalue weighted by Gasteiger charge is -2.11. The number of nitrogens with zero attached hydrogens (tertiary/aromatic N) is 2. The number of carboxylic acid groups (broad SMARTS) is 1. The van der Waals surface area contributed by atoms with Crippen LogP contribution in [-0.2, 0) is 16.4 Å². The van der Waals surface area contributed by atoms with E-state index in [1.165, 1.54) is 24.4 Å². The summed E-state index contributed by atoms with van der Waals surface area (Å²) in [6, 6.07) is 7.36. The minimum Gasteiger partial charge on any atom is -0.504 e. The van der Waals surface area contributed by atoms with Crippen molar-refractivity contribution in [2.45, 2.75) is 6.42 Å². The van der Waals surface area contributed by atoms with E-state index in [1.807, 2.05) is 0 Å². The molecule has 0 saturated carbocycles. The molecule has 0 radical (unpaired) electrons. The van der Waals surface area contributed by atoms with Crippen molar-refractivity contribution in [1.82, 2.24) is 9.97 Å². The van der Waals surface area contributed by atoms with Crippen molar-refractivity contribution in [3.8, 4) is 5.75 Å². The zero-order valence-electron chi connectivity index (χ0n) is 14.0. The Kier molecular flexibility index (Phi) is 4.66. The number of carbonyl (C=O) groups is 1. The first-order valence-electron chi connectivity index (χ1n) is 7.61. The SMILES string of the molecule is CS(=O)(=O)Nc1nc(C(=O)O)c(O)c2ncc(Cc3ccc(F)cc3)cc12. The average molecular weight is 391 g/mol. The van der Waals surface area contributed by atoms with E-state index < -0.39 is 27.4 Å². The van der Waals surface area contributed by atoms with E-state index >= 15 is 0 Å². The normalized spacial score (nSPS) is 11.5. The molecule has 0 bridgehead atoms. The molecule has 8 nitrogen and oxygen atoms in total. The Labute approximate surface area is 153 Å². The topological polar surface area (TPSA) is 129 Å². The average Bonchev–Trinajstić information content (AvgIpc) is 2.58. The highest BCUT2D eigenvalue weighted by Gasteiger charge is 2.21. The maximum atomic E-state index is 13.0. The minimum atomic E-state index is -3.76. The second-order valence-corrected chi connectivity index (χ2v) is 7.63. The predicted molar refractivity (Wildman–Crippen MR) is 95.8 cm³/mol. The number of hydrogen-bond donors (Lipinski definition) is 3. The van der Waals surface area contributed by atoms with E-state index in [0.29, 0.717) is 12.0 Å². The van der Waals surface area contributed by atoms with E-state index in [9.17, 15) is 22.7 Å². The molecule has 0 amide bonds. The van der Waals surface area contributed by atoms with Crippen molar-refractivity contribution < 1.29 is 27.8 Å². The molecule has 0 aliphatic heterocycles. The smallest absolute Gasteiger partial charge is 0.358 e. The maximum absolute atomic E-state index is 13.0. The highest BCUT2D eigenvalue weighted by Crippen LogP contribution is 2.32. The van der Waals surface area contributed by atoms with Crippen LogP contribution in [0, 0.1) is 5.82 Å². The number of anilines is 1. The summed E-state index contributed by atoms with van der Waals surface area (Å²) in [6.07, 6.45) is 2.67. The third-order valence-electron chi connectivity index (χ3n) is 3.68. The van der Waals surface area contributed by atoms with Crippen molar-refractivity contribution in [1.29, 1.82) is 0 Å². The van der Waals surface area contributed by atoms with E-state index in [2.05, 4.69) is 14.7 Å². The molecule has 0 saturated heterocycles. The molecule has 1 aromatic carbocycles. The van der Waals surface area contributed by atoms with Crippen LogP contribution >= 0.6 is 0 Å². The van der Waals surface area contributed by atoms with Crippen LogP contribution in [0.5, 0.6) is 5.75 Å². The van der Waals surface area contributed by atoms with Crippen LogP contribution in [0.1, 0.15) is 21.6 Å². The van der Waals surface area contributed by atoms with Crippen molar-refractivity contribution >= 4 is 32.7 Å². The first-order valence-corrected chi connectivity index (χ1v) is 9.50. The number of benzene rings is 1. The van der Waals surface area contributed by atoms with Crippen LogP contribution in [0.3, 0.4) is 0 Å². The second-order valence-electron chi connectivity index (χ2n) is 5.88. The van der Waals surface area contributed by atoms with Crippen molar-refractivity contribution in [2.75, 3.05) is 11.0 Å². The van der Waals surface area contributed by atoms with Gasteiger partial charge in [0.05, 0.1) is 6.26 Å². The van der Waals surface area contributed by atoms with Gasteiger partial charge in [0.1, 0.15) is 17.2 Å². The third-order valence-corrected chi connectivity index (χ3v) is 4.24. The summed E-state index contributed by atoms with van der Waals surface area (Å²) >= 11 is 0. The van der Waals surface area contributed by atoms with Gasteiger partial charge >= 0.3 is 5.97 Å². The van der Waals surface area contributed by atoms with Crippen LogP contribution in [0.25, 0.3) is 10.9 Å². The van der Waals surface area contributed by atoms with Gasteiger partial charge in [-0.05, 0) is 35.7 Å². The first-order chi connectivity index (χ1) is 12.6. The molecule has 0 atom stereocenters. The monoisotopic (exact) mass is 391 g/mol. The molecule has 0 aliphatic carbocycles. The number of pyridine rings is 2. The quantitative estimate of drug-likeness (QED) is 0.607. The molecule has 2 aromatic heterocycles. The summed E-state index contributed by atoms with van der Waals surface area (Å²) in [5.41, 5.74) is 0.605. The largest absolute Gasteiger partial charge is 0.504 e. The molecule has 3 aromatic rings. The molecular formula is C17H14FN3O5S. The zero-order chi connectivity index (χ0) is 19.8. The zero-order valence-corrected chi connectivity index (χ0v) is 14.8. The van der Waals surface area contributed by atoms with Crippen LogP contribution in [-0.4, -0.2) is 40.8 Å². The lowest BCUT2D eigenvalue weighted by atomic mass is 10.0. The number of nitrogens with one attached hydrogen (secondary N) is 1. The van der Waals surface area contributed by atoms with Gasteiger partial charge in [-0.2, -0.15) is 0 Å². The van der Waals surface area contributed by atoms with Crippen LogP contribution in [0.4, 0.5) is 10.2 Å². The van der Waals surface area contributed by atoms with E-state index in [-0.39, 0.29) is 22.5 Å². The maximum Gasteiger partial charge on any atom is 0.358 e. The van der Waals surface area contributed by atoms with Gasteiger partial charge in [-0.15, -0.1) is 0 Å². The highest BCUT2D eigenvalue weighted by molar-refractivity contribution is 7.92. The number of sulfonamides is 1. The second kappa shape index (κ2) is 6.80. The minimum absolute atomic E-state index is 0.101. The summed E-state index contributed by atoms with van der Waals surface area (Å²) in [6.45, 7) is 0. The Morgan fingerprint density at radius 1 is 1.22 bits per heavy atom. The van der Waals surface area contributed by atoms with E-state index in [1.54, 1.807) is 12.1 Å². The summed E-state index contributed by atoms with van der Waals surface area (Å²) < 4.78 is 38.4. The number of aromatic nitrogens is 2. The fourth-order valence-corrected chi connectivity index (χ4v) is 3.06. The van der Waals surface area contributed by atoms with E-state index in [0.717, 1.165) is 11.8 Å². The van der Waals surface area contributed by atoms with Crippen molar-refractivity contribution in [3.63, 3.8) is 0 Å². The number of aromatic carboxylic acids is 1. The molecule has 0 fully saturated rings. The van der Waals surface area contributed by atoms with Crippen molar-refractivity contribution in [3.05, 3.63) is 59.2 Å². The Morgan fingerprint density at radius 2 is 1.89 bits per heavy atom. The molecule has 3 N–H and O–H groups in total. The van der Waals surface area contributed by atoms with Gasteiger partial charge in [0.2, 0.25) is 10.0 Å². The fourth-order valence-electron chi connectivity index (χ4n) is 2.55. The standard InChI is InChI=1S/C17H14FN3O5S/c1-27(25,26)21-16-12-7-10(6-9-2-4-11(18)5-3-9)8-19-13(12)15(22)14(20-16)17(23)24/h2-5,7-8,22H,6H2,1H3,(H,20,21)(H,23,24). The first kappa shape index (κ1) is 18.5. The summed E-state index contributed by atoms with van der Waals surface area (Å²) in [4.78, 5) is 19.0. The molecule has 140 valence electrons. The highest BCUT2D eigenvalue weighted by atomic mass is 32.2. The number of hydrogen-bond acceptors (Lipinski definition) is 6. The number of fused-ring (bicyclic) bond motifs is 1. The van der Waals surface area contributed by atoms with Crippen LogP contribution < -0.4 is 4.72 Å². The number of carboxylic acids is 1. The van der Waals surface area contributed by atoms with Gasteiger partial charge in [-0.3, -0.25) is 9.71 Å². The van der Waals surface area contributed by atoms with Crippen LogP contribution in [0.2, 0.25) is 0 Å². The summed E-state index contributed by atoms with van der Waals surface area (Å²) in [7, 11) is -3.76. The Bertz CT molecular complexity index is 1150. The van der Waals surface area contributed by atoms with Gasteiger partial charge < -0.3 is 10.2 Å². The predicted octanol–water partition coefficient (Wildman–Crippen LogP) is 2.13. The number of rotatable bonds is 5. The molecule has 3 rings (SSSR count). The lowest BCUT2D eigenvalue weighted by Crippen LogP contribution is -2.14. The molecular weight excluding hydrogens is 377 g/mol. The van der Waals surface area contributed by atoms with Crippen LogP contribution in [0.15, 0.2) is 36.5 Å². The van der Waals surface area contributed by atoms with Crippen molar-refractivity contribution in [2.24, 2.45) is 0 Å². The fraction of sp³-hybridized carbons (Fsp3) is 0.118. The van der Waals surface area contributed by atoms with Gasteiger partial charge in [0.25, 0.3) is 0 Å². The molecule has 10 heteroatoms. The molecule has 0 aliphatic rings. The lowest BCUT2D eigenvalue weighted by molar-refractivity contribution is 0.0687. The molecule has 0 spiro atoms. The molecule has 27 heavy (non-hydrogen) atoms. The molecule has 2 heterocycles. The third kappa shape index (κ3) is 4.11. The number of aromatic hydroxyl groups is 1. The summed E-state index contributed by atoms with van der Waals surface area (Å²) in [5.74, 6) is -2.81. The Morgan fingerprint density at radius 3 is 2.48 bits per heavy atom. The Hall–Kier alpha value is -3.27. The summed E-state index contributed by atoms with van der Waals surface area (Å²) in [5, 5.41) is 19.4.